The SMILES string of the molecule is COc1cnc(Cl)cc1-c1cc(C)ncc1C(=O)Nc1nnc(OC[C@H]2CCO[C@H]2C)s1. The van der Waals surface area contributed by atoms with Gasteiger partial charge < -0.3 is 14.2 Å². The maximum atomic E-state index is 13.1. The fraction of sp³-hybridized carbons (Fsp3) is 0.381. The van der Waals surface area contributed by atoms with Crippen LogP contribution in [0, 0.1) is 12.8 Å². The highest BCUT2D eigenvalue weighted by Crippen LogP contribution is 2.34. The zero-order chi connectivity index (χ0) is 22.7. The summed E-state index contributed by atoms with van der Waals surface area (Å²) in [6, 6.07) is 3.44. The Balaban J connectivity index is 1.52. The molecule has 32 heavy (non-hydrogen) atoms. The van der Waals surface area contributed by atoms with Crippen molar-refractivity contribution in [3.63, 3.8) is 0 Å². The van der Waals surface area contributed by atoms with Crippen molar-refractivity contribution in [3.05, 3.63) is 40.9 Å². The van der Waals surface area contributed by atoms with Crippen molar-refractivity contribution < 1.29 is 19.0 Å². The molecule has 1 aliphatic rings. The van der Waals surface area contributed by atoms with Crippen LogP contribution in [0.15, 0.2) is 24.5 Å². The van der Waals surface area contributed by atoms with Crippen LogP contribution in [-0.4, -0.2) is 52.5 Å². The molecule has 0 aliphatic carbocycles. The lowest BCUT2D eigenvalue weighted by molar-refractivity contribution is 0.0903. The van der Waals surface area contributed by atoms with Gasteiger partial charge >= 0.3 is 0 Å². The number of aromatic nitrogens is 4. The number of carbonyl (C=O) groups is 1. The van der Waals surface area contributed by atoms with Crippen LogP contribution in [0.5, 0.6) is 10.9 Å². The Morgan fingerprint density at radius 2 is 2.12 bits per heavy atom. The summed E-state index contributed by atoms with van der Waals surface area (Å²) in [4.78, 5) is 21.4. The van der Waals surface area contributed by atoms with Crippen LogP contribution in [0.1, 0.15) is 29.4 Å². The van der Waals surface area contributed by atoms with Gasteiger partial charge in [0.25, 0.3) is 11.1 Å². The molecule has 1 fully saturated rings. The number of hydrogen-bond acceptors (Lipinski definition) is 9. The first kappa shape index (κ1) is 22.4. The molecule has 0 spiro atoms. The number of anilines is 1. The first-order chi connectivity index (χ1) is 15.4. The van der Waals surface area contributed by atoms with Gasteiger partial charge in [-0.15, -0.1) is 5.10 Å². The average Bonchev–Trinajstić information content (AvgIpc) is 3.40. The smallest absolute Gasteiger partial charge is 0.295 e. The molecule has 1 saturated heterocycles. The topological polar surface area (TPSA) is 108 Å². The van der Waals surface area contributed by atoms with Crippen molar-refractivity contribution in [2.45, 2.75) is 26.4 Å². The summed E-state index contributed by atoms with van der Waals surface area (Å²) < 4.78 is 16.7. The Hall–Kier alpha value is -2.82. The van der Waals surface area contributed by atoms with E-state index in [1.165, 1.54) is 19.5 Å². The van der Waals surface area contributed by atoms with Crippen molar-refractivity contribution in [3.8, 4) is 22.1 Å². The van der Waals surface area contributed by atoms with Gasteiger partial charge in [0.15, 0.2) is 0 Å². The second kappa shape index (κ2) is 9.76. The molecular weight excluding hydrogens is 454 g/mol. The molecule has 1 N–H and O–H groups in total. The van der Waals surface area contributed by atoms with Gasteiger partial charge in [-0.25, -0.2) is 4.98 Å². The molecule has 0 aromatic carbocycles. The molecule has 1 aliphatic heterocycles. The Bertz CT molecular complexity index is 1130. The maximum Gasteiger partial charge on any atom is 0.295 e. The van der Waals surface area contributed by atoms with Gasteiger partial charge in [0.05, 0.1) is 31.6 Å². The molecule has 3 aromatic rings. The van der Waals surface area contributed by atoms with E-state index in [0.29, 0.717) is 45.3 Å². The summed E-state index contributed by atoms with van der Waals surface area (Å²) in [6.45, 7) is 5.11. The zero-order valence-electron chi connectivity index (χ0n) is 17.8. The molecule has 168 valence electrons. The van der Waals surface area contributed by atoms with Crippen LogP contribution in [0.4, 0.5) is 5.13 Å². The molecule has 4 heterocycles. The van der Waals surface area contributed by atoms with Gasteiger partial charge in [0, 0.05) is 35.5 Å². The van der Waals surface area contributed by atoms with Gasteiger partial charge in [-0.2, -0.15) is 0 Å². The summed E-state index contributed by atoms with van der Waals surface area (Å²) >= 11 is 7.25. The fourth-order valence-electron chi connectivity index (χ4n) is 3.41. The first-order valence-electron chi connectivity index (χ1n) is 10.0. The summed E-state index contributed by atoms with van der Waals surface area (Å²) in [5.74, 6) is 0.425. The lowest BCUT2D eigenvalue weighted by Crippen LogP contribution is -2.19. The lowest BCUT2D eigenvalue weighted by Gasteiger charge is -2.13. The average molecular weight is 476 g/mol. The predicted molar refractivity (Wildman–Crippen MR) is 121 cm³/mol. The van der Waals surface area contributed by atoms with Crippen molar-refractivity contribution in [1.29, 1.82) is 0 Å². The quantitative estimate of drug-likeness (QED) is 0.510. The largest absolute Gasteiger partial charge is 0.494 e. The fourth-order valence-corrected chi connectivity index (χ4v) is 4.17. The third-order valence-electron chi connectivity index (χ3n) is 5.21. The van der Waals surface area contributed by atoms with Gasteiger partial charge in [-0.3, -0.25) is 15.1 Å². The van der Waals surface area contributed by atoms with Crippen LogP contribution in [0.2, 0.25) is 5.15 Å². The predicted octanol–water partition coefficient (Wildman–Crippen LogP) is 4.02. The molecular formula is C21H22ClN5O4S. The van der Waals surface area contributed by atoms with Gasteiger partial charge in [0.1, 0.15) is 10.9 Å². The number of hydrogen-bond donors (Lipinski definition) is 1. The van der Waals surface area contributed by atoms with Crippen molar-refractivity contribution in [2.75, 3.05) is 25.6 Å². The summed E-state index contributed by atoms with van der Waals surface area (Å²) in [7, 11) is 1.53. The number of nitrogens with one attached hydrogen (secondary N) is 1. The Labute approximate surface area is 194 Å². The van der Waals surface area contributed by atoms with Crippen LogP contribution in [0.3, 0.4) is 0 Å². The molecule has 3 aromatic heterocycles. The maximum absolute atomic E-state index is 13.1. The second-order valence-electron chi connectivity index (χ2n) is 7.34. The summed E-state index contributed by atoms with van der Waals surface area (Å²) in [5.41, 5.74) is 2.33. The monoisotopic (exact) mass is 475 g/mol. The molecule has 2 atom stereocenters. The van der Waals surface area contributed by atoms with E-state index in [1.807, 2.05) is 13.8 Å². The standard InChI is InChI=1S/C21H22ClN5O4S/c1-11-6-14(15-7-18(22)24-9-17(15)29-3)16(8-23-11)19(28)25-20-26-27-21(32-20)31-10-13-4-5-30-12(13)2/h6-9,12-13H,4-5,10H2,1-3H3,(H,25,26,28)/t12-,13+/m0/s1. The van der Waals surface area contributed by atoms with E-state index < -0.39 is 0 Å². The molecule has 11 heteroatoms. The Kier molecular flexibility index (Phi) is 6.83. The number of ether oxygens (including phenoxy) is 3. The van der Waals surface area contributed by atoms with Crippen LogP contribution < -0.4 is 14.8 Å². The van der Waals surface area contributed by atoms with Crippen LogP contribution >= 0.6 is 22.9 Å². The van der Waals surface area contributed by atoms with E-state index in [1.54, 1.807) is 12.1 Å². The molecule has 1 amide bonds. The van der Waals surface area contributed by atoms with Gasteiger partial charge in [0.2, 0.25) is 5.13 Å². The molecule has 4 rings (SSSR count). The van der Waals surface area contributed by atoms with Crippen LogP contribution in [0.25, 0.3) is 11.1 Å². The zero-order valence-corrected chi connectivity index (χ0v) is 19.4. The third-order valence-corrected chi connectivity index (χ3v) is 6.17. The Morgan fingerprint density at radius 1 is 1.28 bits per heavy atom. The van der Waals surface area contributed by atoms with Crippen molar-refractivity contribution in [2.24, 2.45) is 5.92 Å². The van der Waals surface area contributed by atoms with E-state index >= 15 is 0 Å². The van der Waals surface area contributed by atoms with E-state index in [0.717, 1.165) is 30.1 Å². The lowest BCUT2D eigenvalue weighted by atomic mass is 10.0. The van der Waals surface area contributed by atoms with Gasteiger partial charge in [-0.1, -0.05) is 16.7 Å². The summed E-state index contributed by atoms with van der Waals surface area (Å²) in [5, 5.41) is 11.8. The number of methoxy groups -OCH3 is 1. The van der Waals surface area contributed by atoms with E-state index in [-0.39, 0.29) is 17.2 Å². The van der Waals surface area contributed by atoms with Gasteiger partial charge in [-0.05, 0) is 43.7 Å². The number of carbonyl (C=O) groups excluding carboxylic acids is 1. The van der Waals surface area contributed by atoms with E-state index in [9.17, 15) is 4.79 Å². The second-order valence-corrected chi connectivity index (χ2v) is 8.67. The number of amides is 1. The summed E-state index contributed by atoms with van der Waals surface area (Å²) in [6.07, 6.45) is 4.14. The highest BCUT2D eigenvalue weighted by atomic mass is 35.5. The minimum Gasteiger partial charge on any atom is -0.494 e. The molecule has 0 saturated carbocycles. The molecule has 0 unspecified atom stereocenters. The number of halogens is 1. The highest BCUT2D eigenvalue weighted by molar-refractivity contribution is 7.17. The normalized spacial score (nSPS) is 17.9. The molecule has 0 radical (unpaired) electrons. The van der Waals surface area contributed by atoms with Crippen molar-refractivity contribution >= 4 is 34.0 Å². The number of aryl methyl sites for hydroxylation is 1. The first-order valence-corrected chi connectivity index (χ1v) is 11.2. The Morgan fingerprint density at radius 3 is 2.88 bits per heavy atom. The molecule has 0 bridgehead atoms. The third kappa shape index (κ3) is 4.98. The minimum atomic E-state index is -0.386. The number of pyridine rings is 2. The molecule has 9 nitrogen and oxygen atoms in total. The highest BCUT2D eigenvalue weighted by Gasteiger charge is 2.25. The number of rotatable bonds is 7. The minimum absolute atomic E-state index is 0.160. The number of nitrogens with zero attached hydrogens (tertiary/aromatic N) is 4. The van der Waals surface area contributed by atoms with Crippen molar-refractivity contribution in [1.82, 2.24) is 20.2 Å². The van der Waals surface area contributed by atoms with E-state index in [2.05, 4.69) is 25.5 Å². The van der Waals surface area contributed by atoms with E-state index in [4.69, 9.17) is 25.8 Å². The van der Waals surface area contributed by atoms with Crippen LogP contribution in [-0.2, 0) is 4.74 Å².